The Morgan fingerprint density at radius 2 is 1.72 bits per heavy atom. The molecule has 0 aromatic heterocycles. The molecule has 2 aliphatic rings. The number of ether oxygens (including phenoxy) is 1. The third-order valence-corrected chi connectivity index (χ3v) is 9.73. The zero-order valence-electron chi connectivity index (χ0n) is 22.6. The minimum Gasteiger partial charge on any atom is -0.379 e. The van der Waals surface area contributed by atoms with Crippen molar-refractivity contribution in [2.75, 3.05) is 31.6 Å². The molecule has 2 atom stereocenters. The van der Waals surface area contributed by atoms with Crippen LogP contribution in [0.25, 0.3) is 0 Å². The molecule has 2 saturated heterocycles. The van der Waals surface area contributed by atoms with Crippen molar-refractivity contribution in [1.82, 2.24) is 9.21 Å². The molecule has 2 aliphatic heterocycles. The van der Waals surface area contributed by atoms with Crippen molar-refractivity contribution in [1.29, 1.82) is 0 Å². The first-order valence-electron chi connectivity index (χ1n) is 13.3. The van der Waals surface area contributed by atoms with E-state index < -0.39 is 15.3 Å². The molecule has 9 nitrogen and oxygen atoms in total. The lowest BCUT2D eigenvalue weighted by molar-refractivity contribution is -0.129. The first-order chi connectivity index (χ1) is 18.6. The number of nitrogens with zero attached hydrogens (tertiary/aromatic N) is 3. The summed E-state index contributed by atoms with van der Waals surface area (Å²) in [4.78, 5) is 32.9. The highest BCUT2D eigenvalue weighted by atomic mass is 32.2. The van der Waals surface area contributed by atoms with Crippen LogP contribution in [0.2, 0.25) is 0 Å². The lowest BCUT2D eigenvalue weighted by Gasteiger charge is -2.26. The Bertz CT molecular complexity index is 1280. The van der Waals surface area contributed by atoms with Crippen LogP contribution in [-0.4, -0.2) is 72.2 Å². The van der Waals surface area contributed by atoms with Gasteiger partial charge in [-0.15, -0.1) is 0 Å². The average Bonchev–Trinajstić information content (AvgIpc) is 3.22. The Kier molecular flexibility index (Phi) is 9.81. The number of benzene rings is 2. The summed E-state index contributed by atoms with van der Waals surface area (Å²) in [6, 6.07) is 15.5. The van der Waals surface area contributed by atoms with Gasteiger partial charge in [0.15, 0.2) is 5.17 Å². The van der Waals surface area contributed by atoms with Gasteiger partial charge in [0, 0.05) is 31.2 Å². The molecule has 2 heterocycles. The van der Waals surface area contributed by atoms with Crippen molar-refractivity contribution in [3.8, 4) is 0 Å². The molecule has 0 unspecified atom stereocenters. The van der Waals surface area contributed by atoms with Crippen LogP contribution in [0.15, 0.2) is 64.5 Å². The number of morpholine rings is 1. The Labute approximate surface area is 235 Å². The van der Waals surface area contributed by atoms with Crippen molar-refractivity contribution >= 4 is 50.1 Å². The fourth-order valence-electron chi connectivity index (χ4n) is 4.44. The molecule has 11 heteroatoms. The maximum Gasteiger partial charge on any atom is 0.243 e. The van der Waals surface area contributed by atoms with E-state index in [0.717, 1.165) is 12.8 Å². The number of carbonyl (C=O) groups is 2. The smallest absolute Gasteiger partial charge is 0.243 e. The topological polar surface area (TPSA) is 108 Å². The van der Waals surface area contributed by atoms with Crippen molar-refractivity contribution in [2.45, 2.75) is 56.2 Å². The van der Waals surface area contributed by atoms with Crippen LogP contribution in [0.3, 0.4) is 0 Å². The largest absolute Gasteiger partial charge is 0.379 e. The quantitative estimate of drug-likeness (QED) is 0.449. The molecular formula is C28H36N4O5S2. The fourth-order valence-corrected chi connectivity index (χ4v) is 7.10. The van der Waals surface area contributed by atoms with Gasteiger partial charge < -0.3 is 10.1 Å². The molecule has 2 amide bonds. The number of nitrogens with one attached hydrogen (secondary N) is 1. The summed E-state index contributed by atoms with van der Waals surface area (Å²) < 4.78 is 32.6. The lowest BCUT2D eigenvalue weighted by atomic mass is 10.0. The van der Waals surface area contributed by atoms with Gasteiger partial charge in [-0.25, -0.2) is 13.4 Å². The summed E-state index contributed by atoms with van der Waals surface area (Å²) in [6.45, 7) is 7.70. The number of amides is 2. The Balaban J connectivity index is 1.53. The summed E-state index contributed by atoms with van der Waals surface area (Å²) >= 11 is 1.28. The summed E-state index contributed by atoms with van der Waals surface area (Å²) in [5.74, 6) is 0.122. The Hall–Kier alpha value is -2.73. The monoisotopic (exact) mass is 572 g/mol. The first-order valence-corrected chi connectivity index (χ1v) is 15.6. The molecule has 4 rings (SSSR count). The lowest BCUT2D eigenvalue weighted by Crippen LogP contribution is -2.40. The van der Waals surface area contributed by atoms with E-state index in [1.807, 2.05) is 25.1 Å². The standard InChI is InChI=1S/C28H36N4O5S2/c1-20(2)9-10-21(3)32-27(34)25(19-26(33)29-22-7-5-4-6-8-22)38-28(32)30-23-11-13-24(14-12-23)39(35,36)31-15-17-37-18-16-31/h4-8,11-14,20-21,25H,9-10,15-19H2,1-3H3,(H,29,33)/t21-,25-/m1/s1. The maximum absolute atomic E-state index is 13.5. The van der Waals surface area contributed by atoms with E-state index in [1.165, 1.54) is 16.1 Å². The van der Waals surface area contributed by atoms with E-state index in [1.54, 1.807) is 41.3 Å². The predicted octanol–water partition coefficient (Wildman–Crippen LogP) is 4.49. The van der Waals surface area contributed by atoms with E-state index in [-0.39, 0.29) is 29.2 Å². The normalized spacial score (nSPS) is 20.5. The van der Waals surface area contributed by atoms with Gasteiger partial charge in [0.05, 0.1) is 23.8 Å². The van der Waals surface area contributed by atoms with Crippen molar-refractivity contribution in [3.05, 3.63) is 54.6 Å². The van der Waals surface area contributed by atoms with Gasteiger partial charge in [0.1, 0.15) is 5.25 Å². The van der Waals surface area contributed by atoms with Gasteiger partial charge in [0.25, 0.3) is 0 Å². The third kappa shape index (κ3) is 7.47. The van der Waals surface area contributed by atoms with Crippen molar-refractivity contribution in [3.63, 3.8) is 0 Å². The van der Waals surface area contributed by atoms with Gasteiger partial charge in [-0.05, 0) is 62.1 Å². The number of sulfonamides is 1. The maximum atomic E-state index is 13.5. The van der Waals surface area contributed by atoms with Crippen LogP contribution < -0.4 is 5.32 Å². The van der Waals surface area contributed by atoms with Crippen LogP contribution in [0.4, 0.5) is 11.4 Å². The van der Waals surface area contributed by atoms with E-state index >= 15 is 0 Å². The van der Waals surface area contributed by atoms with Crippen LogP contribution in [0.5, 0.6) is 0 Å². The number of carbonyl (C=O) groups excluding carboxylic acids is 2. The van der Waals surface area contributed by atoms with Crippen LogP contribution >= 0.6 is 11.8 Å². The molecule has 39 heavy (non-hydrogen) atoms. The van der Waals surface area contributed by atoms with Crippen LogP contribution in [-0.2, 0) is 24.3 Å². The van der Waals surface area contributed by atoms with Crippen molar-refractivity contribution in [2.24, 2.45) is 10.9 Å². The number of amidine groups is 1. The minimum absolute atomic E-state index is 0.0293. The molecule has 1 N–H and O–H groups in total. The second-order valence-corrected chi connectivity index (χ2v) is 13.3. The molecular weight excluding hydrogens is 536 g/mol. The average molecular weight is 573 g/mol. The molecule has 0 spiro atoms. The van der Waals surface area contributed by atoms with E-state index in [4.69, 9.17) is 9.73 Å². The number of aliphatic imine (C=N–C) groups is 1. The predicted molar refractivity (Wildman–Crippen MR) is 155 cm³/mol. The zero-order valence-corrected chi connectivity index (χ0v) is 24.2. The van der Waals surface area contributed by atoms with Gasteiger partial charge in [-0.1, -0.05) is 43.8 Å². The number of anilines is 1. The summed E-state index contributed by atoms with van der Waals surface area (Å²) in [5, 5.41) is 2.79. The van der Waals surface area contributed by atoms with E-state index in [2.05, 4.69) is 19.2 Å². The van der Waals surface area contributed by atoms with E-state index in [9.17, 15) is 18.0 Å². The molecule has 0 bridgehead atoms. The number of hydrogen-bond donors (Lipinski definition) is 1. The Morgan fingerprint density at radius 3 is 2.36 bits per heavy atom. The summed E-state index contributed by atoms with van der Waals surface area (Å²) in [5.41, 5.74) is 1.22. The number of rotatable bonds is 10. The highest BCUT2D eigenvalue weighted by Crippen LogP contribution is 2.35. The minimum atomic E-state index is -3.61. The van der Waals surface area contributed by atoms with Gasteiger partial charge in [-0.3, -0.25) is 14.5 Å². The van der Waals surface area contributed by atoms with Gasteiger partial charge >= 0.3 is 0 Å². The molecule has 2 aromatic rings. The van der Waals surface area contributed by atoms with Crippen LogP contribution in [0, 0.1) is 5.92 Å². The fraction of sp³-hybridized carbons (Fsp3) is 0.464. The summed E-state index contributed by atoms with van der Waals surface area (Å²) in [7, 11) is -3.61. The Morgan fingerprint density at radius 1 is 1.05 bits per heavy atom. The highest BCUT2D eigenvalue weighted by Gasteiger charge is 2.41. The molecule has 2 fully saturated rings. The number of hydrogen-bond acceptors (Lipinski definition) is 7. The SMILES string of the molecule is CC(C)CC[C@@H](C)N1C(=O)[C@@H](CC(=O)Nc2ccccc2)SC1=Nc1ccc(S(=O)(=O)N2CCOCC2)cc1. The summed E-state index contributed by atoms with van der Waals surface area (Å²) in [6.07, 6.45) is 1.79. The van der Waals surface area contributed by atoms with Crippen molar-refractivity contribution < 1.29 is 22.7 Å². The second kappa shape index (κ2) is 13.1. The highest BCUT2D eigenvalue weighted by molar-refractivity contribution is 8.15. The molecule has 210 valence electrons. The molecule has 0 saturated carbocycles. The van der Waals surface area contributed by atoms with Gasteiger partial charge in [-0.2, -0.15) is 4.31 Å². The zero-order chi connectivity index (χ0) is 28.0. The number of para-hydroxylation sites is 1. The van der Waals surface area contributed by atoms with Crippen LogP contribution in [0.1, 0.15) is 40.0 Å². The van der Waals surface area contributed by atoms with Gasteiger partial charge in [0.2, 0.25) is 21.8 Å². The number of thioether (sulfide) groups is 1. The van der Waals surface area contributed by atoms with E-state index in [0.29, 0.717) is 48.8 Å². The second-order valence-electron chi connectivity index (χ2n) is 10.2. The molecule has 0 radical (unpaired) electrons. The third-order valence-electron chi connectivity index (χ3n) is 6.67. The molecule has 2 aromatic carbocycles. The first kappa shape index (κ1) is 29.3. The molecule has 0 aliphatic carbocycles.